The van der Waals surface area contributed by atoms with Crippen molar-refractivity contribution in [2.75, 3.05) is 0 Å². The number of rotatable bonds is 11. The highest BCUT2D eigenvalue weighted by Gasteiger charge is 2.23. The Morgan fingerprint density at radius 2 is 0.643 bits per heavy atom. The number of fused-ring (bicyclic) bond motifs is 10. The van der Waals surface area contributed by atoms with Crippen molar-refractivity contribution in [1.29, 1.82) is 0 Å². The summed E-state index contributed by atoms with van der Waals surface area (Å²) in [5.74, 6) is 3.37. The molecular formula is C86H54N10O2. The Bertz CT molecular complexity index is 6140. The Labute approximate surface area is 561 Å². The third-order valence-electron chi connectivity index (χ3n) is 18.1. The van der Waals surface area contributed by atoms with Gasteiger partial charge >= 0.3 is 0 Å². The zero-order chi connectivity index (χ0) is 64.9. The molecule has 19 aromatic rings. The average molecular weight is 1260 g/mol. The monoisotopic (exact) mass is 1260 g/mol. The fourth-order valence-electron chi connectivity index (χ4n) is 13.4. The Morgan fingerprint density at radius 1 is 0.245 bits per heavy atom. The lowest BCUT2D eigenvalue weighted by Crippen LogP contribution is -2.06. The van der Waals surface area contributed by atoms with Gasteiger partial charge in [-0.2, -0.15) is 9.97 Å². The molecule has 0 fully saturated rings. The van der Waals surface area contributed by atoms with Gasteiger partial charge in [-0.05, 0) is 155 Å². The van der Waals surface area contributed by atoms with Crippen LogP contribution in [-0.2, 0) is 0 Å². The zero-order valence-corrected chi connectivity index (χ0v) is 52.5. The van der Waals surface area contributed by atoms with Crippen molar-refractivity contribution in [1.82, 2.24) is 49.0 Å². The van der Waals surface area contributed by atoms with E-state index < -0.39 is 0 Å². The van der Waals surface area contributed by atoms with Crippen molar-refractivity contribution >= 4 is 65.6 Å². The van der Waals surface area contributed by atoms with E-state index in [1.165, 1.54) is 0 Å². The van der Waals surface area contributed by atoms with E-state index in [4.69, 9.17) is 28.8 Å². The van der Waals surface area contributed by atoms with Crippen LogP contribution < -0.4 is 0 Å². The van der Waals surface area contributed by atoms with Crippen molar-refractivity contribution in [3.63, 3.8) is 0 Å². The number of furan rings is 2. The molecule has 0 radical (unpaired) electrons. The van der Waals surface area contributed by atoms with Gasteiger partial charge in [0.1, 0.15) is 22.7 Å². The molecule has 0 saturated heterocycles. The molecule has 0 atom stereocenters. The van der Waals surface area contributed by atoms with Crippen molar-refractivity contribution in [3.8, 4) is 113 Å². The smallest absolute Gasteiger partial charge is 0.238 e. The fourth-order valence-corrected chi connectivity index (χ4v) is 13.4. The quantitative estimate of drug-likeness (QED) is 0.123. The van der Waals surface area contributed by atoms with Crippen LogP contribution in [0.15, 0.2) is 337 Å². The number of pyridine rings is 5. The van der Waals surface area contributed by atoms with Gasteiger partial charge in [-0.15, -0.1) is 0 Å². The summed E-state index contributed by atoms with van der Waals surface area (Å²) in [6.07, 6.45) is 14.4. The minimum absolute atomic E-state index is 0.524. The Kier molecular flexibility index (Phi) is 14.2. The molecule has 460 valence electrons. The molecule has 0 aliphatic carbocycles. The minimum atomic E-state index is 0.524. The molecule has 0 unspecified atom stereocenters. The third-order valence-corrected chi connectivity index (χ3v) is 18.1. The fraction of sp³-hybridized carbons (Fsp3) is 0. The Balaban J connectivity index is 0.000000143. The van der Waals surface area contributed by atoms with Gasteiger partial charge in [-0.25, -0.2) is 9.97 Å². The molecule has 98 heavy (non-hydrogen) atoms. The Hall–Kier alpha value is -13.6. The topological polar surface area (TPSA) is 139 Å². The van der Waals surface area contributed by atoms with Gasteiger partial charge in [0.2, 0.25) is 5.95 Å². The lowest BCUT2D eigenvalue weighted by atomic mass is 9.98. The van der Waals surface area contributed by atoms with Crippen molar-refractivity contribution in [2.45, 2.75) is 0 Å². The van der Waals surface area contributed by atoms with Crippen molar-refractivity contribution in [2.24, 2.45) is 0 Å². The molecule has 10 heterocycles. The second-order valence-electron chi connectivity index (χ2n) is 24.0. The summed E-state index contributed by atoms with van der Waals surface area (Å²) in [4.78, 5) is 37.1. The zero-order valence-electron chi connectivity index (χ0n) is 52.5. The molecule has 12 nitrogen and oxygen atoms in total. The first-order valence-corrected chi connectivity index (χ1v) is 32.3. The minimum Gasteiger partial charge on any atom is -0.455 e. The van der Waals surface area contributed by atoms with Gasteiger partial charge in [-0.1, -0.05) is 158 Å². The normalized spacial score (nSPS) is 11.5. The third kappa shape index (κ3) is 10.5. The van der Waals surface area contributed by atoms with Gasteiger partial charge in [0.15, 0.2) is 11.6 Å². The van der Waals surface area contributed by atoms with E-state index in [-0.39, 0.29) is 0 Å². The van der Waals surface area contributed by atoms with E-state index in [1.54, 1.807) is 24.8 Å². The predicted molar refractivity (Wildman–Crippen MR) is 392 cm³/mol. The number of aromatic nitrogens is 10. The first-order chi connectivity index (χ1) is 48.6. The maximum atomic E-state index is 6.63. The van der Waals surface area contributed by atoms with E-state index in [0.717, 1.165) is 161 Å². The summed E-state index contributed by atoms with van der Waals surface area (Å²) in [5, 5.41) is 6.46. The van der Waals surface area contributed by atoms with Gasteiger partial charge in [0.25, 0.3) is 0 Å². The molecule has 9 aromatic carbocycles. The van der Waals surface area contributed by atoms with Crippen molar-refractivity contribution in [3.05, 3.63) is 329 Å². The highest BCUT2D eigenvalue weighted by Crippen LogP contribution is 2.43. The first kappa shape index (κ1) is 57.1. The predicted octanol–water partition coefficient (Wildman–Crippen LogP) is 21.2. The molecule has 0 spiro atoms. The molecule has 0 aliphatic rings. The van der Waals surface area contributed by atoms with E-state index >= 15 is 0 Å². The molecule has 19 rings (SSSR count). The molecular weight excluding hydrogens is 1210 g/mol. The van der Waals surface area contributed by atoms with Gasteiger partial charge in [0, 0.05) is 110 Å². The molecule has 12 heteroatoms. The second-order valence-corrected chi connectivity index (χ2v) is 24.0. The lowest BCUT2D eigenvalue weighted by Gasteiger charge is -2.13. The van der Waals surface area contributed by atoms with Gasteiger partial charge in [-0.3, -0.25) is 24.5 Å². The summed E-state index contributed by atoms with van der Waals surface area (Å²) in [7, 11) is 0. The number of benzene rings is 9. The SMILES string of the molecule is c1ccc(-c2cc3ccc4c(c5ccccc5n4-c4cccc(-c5cc(-c6ccc(-c7ccncc7)cc6)cc(-c6ccncc6)n5)c4)c3o2)cc1.c1ccc(-c2cc3ccc4c(c5ccccc5n4-c4nc(-c5ccncc5)nc(-c5ccc(-c6ccncc6)cc5)n4)c3o2)cc1. The standard InChI is InChI=1S/C47H30N4O.C39H24N6O/c1-2-7-35(8-3-1)45-30-37-17-18-44-46(47(37)52-45)40-11-4-5-12-43(40)51(44)39-10-6-9-36(27-39)42-29-38(28-41(50-42)34-21-25-49-26-22-34)32-15-13-31(14-16-32)33-19-23-48-24-20-33;1-2-6-27(7-3-1)34-24-30-14-15-33-35(36(30)46-34)31-8-4-5-9-32(31)45(33)39-43-37(42-38(44-39)29-18-22-41-23-19-29)28-12-10-25(11-13-28)26-16-20-40-21-17-26/h1-30H;1-24H. The van der Waals surface area contributed by atoms with Crippen LogP contribution in [0.4, 0.5) is 0 Å². The number of hydrogen-bond donors (Lipinski definition) is 0. The maximum Gasteiger partial charge on any atom is 0.238 e. The van der Waals surface area contributed by atoms with Gasteiger partial charge in [0.05, 0.1) is 44.2 Å². The van der Waals surface area contributed by atoms with E-state index in [9.17, 15) is 0 Å². The Morgan fingerprint density at radius 3 is 1.16 bits per heavy atom. The largest absolute Gasteiger partial charge is 0.455 e. The highest BCUT2D eigenvalue weighted by molar-refractivity contribution is 6.21. The van der Waals surface area contributed by atoms with Crippen LogP contribution in [0.25, 0.3) is 179 Å². The molecule has 0 amide bonds. The summed E-state index contributed by atoms with van der Waals surface area (Å²) in [5.41, 5.74) is 21.3. The number of hydrogen-bond acceptors (Lipinski definition) is 10. The molecule has 0 aliphatic heterocycles. The highest BCUT2D eigenvalue weighted by atomic mass is 16.3. The summed E-state index contributed by atoms with van der Waals surface area (Å²) < 4.78 is 17.7. The number of para-hydroxylation sites is 2. The average Bonchev–Trinajstić information content (AvgIpc) is 1.57. The van der Waals surface area contributed by atoms with E-state index in [0.29, 0.717) is 17.6 Å². The van der Waals surface area contributed by atoms with Crippen LogP contribution in [0.1, 0.15) is 0 Å². The summed E-state index contributed by atoms with van der Waals surface area (Å²) >= 11 is 0. The maximum absolute atomic E-state index is 6.63. The van der Waals surface area contributed by atoms with Crippen LogP contribution in [0.2, 0.25) is 0 Å². The molecule has 10 aromatic heterocycles. The first-order valence-electron chi connectivity index (χ1n) is 32.3. The lowest BCUT2D eigenvalue weighted by molar-refractivity contribution is 0.635. The molecule has 0 bridgehead atoms. The molecule has 0 N–H and O–H groups in total. The second kappa shape index (κ2) is 24.4. The van der Waals surface area contributed by atoms with Crippen LogP contribution in [0.5, 0.6) is 0 Å². The van der Waals surface area contributed by atoms with E-state index in [2.05, 4.69) is 217 Å². The summed E-state index contributed by atoms with van der Waals surface area (Å²) in [6, 6.07) is 96.1. The van der Waals surface area contributed by atoms with Gasteiger partial charge < -0.3 is 13.4 Å². The van der Waals surface area contributed by atoms with Crippen LogP contribution in [-0.4, -0.2) is 49.0 Å². The van der Waals surface area contributed by atoms with Crippen LogP contribution in [0, 0.1) is 0 Å². The molecule has 0 saturated carbocycles. The van der Waals surface area contributed by atoms with Crippen LogP contribution >= 0.6 is 0 Å². The summed E-state index contributed by atoms with van der Waals surface area (Å²) in [6.45, 7) is 0. The number of nitrogens with zero attached hydrogens (tertiary/aromatic N) is 10. The van der Waals surface area contributed by atoms with E-state index in [1.807, 2.05) is 116 Å². The van der Waals surface area contributed by atoms with Crippen LogP contribution in [0.3, 0.4) is 0 Å². The van der Waals surface area contributed by atoms with Crippen molar-refractivity contribution < 1.29 is 8.83 Å².